The van der Waals surface area contributed by atoms with Crippen molar-refractivity contribution in [2.45, 2.75) is 0 Å². The zero-order valence-electron chi connectivity index (χ0n) is 25.5. The van der Waals surface area contributed by atoms with Crippen molar-refractivity contribution in [3.05, 3.63) is 146 Å². The SMILES string of the molecule is c1cnc2c(c1)ccc1ccc(-c3cc(-c4cc5cccnc5c5ncccc45)cc(-c4cc5cccnc5c5ncccc45)c3)nc12. The largest absolute Gasteiger partial charge is 0.254 e. The summed E-state index contributed by atoms with van der Waals surface area (Å²) >= 11 is 0. The molecule has 0 spiro atoms. The van der Waals surface area contributed by atoms with Gasteiger partial charge in [0.25, 0.3) is 0 Å². The molecule has 0 saturated carbocycles. The second kappa shape index (κ2) is 10.4. The van der Waals surface area contributed by atoms with E-state index < -0.39 is 0 Å². The van der Waals surface area contributed by atoms with Crippen molar-refractivity contribution in [2.24, 2.45) is 0 Å². The molecule has 0 saturated heterocycles. The Hall–Kier alpha value is -6.66. The molecule has 6 heterocycles. The second-order valence-corrected chi connectivity index (χ2v) is 12.0. The van der Waals surface area contributed by atoms with E-state index in [4.69, 9.17) is 29.9 Å². The number of hydrogen-bond acceptors (Lipinski definition) is 6. The topological polar surface area (TPSA) is 77.3 Å². The highest BCUT2D eigenvalue weighted by Crippen LogP contribution is 2.40. The van der Waals surface area contributed by atoms with Crippen LogP contribution in [0.1, 0.15) is 0 Å². The highest BCUT2D eigenvalue weighted by molar-refractivity contribution is 6.13. The minimum atomic E-state index is 0.874. The Morgan fingerprint density at radius 1 is 0.312 bits per heavy atom. The molecular weight excluding hydrogens is 589 g/mol. The summed E-state index contributed by atoms with van der Waals surface area (Å²) in [4.78, 5) is 29.0. The predicted molar refractivity (Wildman–Crippen MR) is 195 cm³/mol. The highest BCUT2D eigenvalue weighted by Gasteiger charge is 2.17. The van der Waals surface area contributed by atoms with Crippen molar-refractivity contribution < 1.29 is 0 Å². The van der Waals surface area contributed by atoms with Gasteiger partial charge in [0.15, 0.2) is 0 Å². The van der Waals surface area contributed by atoms with Gasteiger partial charge < -0.3 is 0 Å². The van der Waals surface area contributed by atoms with Crippen LogP contribution in [0, 0.1) is 0 Å². The van der Waals surface area contributed by atoms with Gasteiger partial charge in [-0.1, -0.05) is 48.5 Å². The van der Waals surface area contributed by atoms with Gasteiger partial charge in [0, 0.05) is 68.9 Å². The average molecular weight is 613 g/mol. The molecule has 10 aromatic rings. The van der Waals surface area contributed by atoms with Crippen molar-refractivity contribution in [1.29, 1.82) is 0 Å². The van der Waals surface area contributed by atoms with E-state index in [1.54, 1.807) is 0 Å². The van der Waals surface area contributed by atoms with Crippen LogP contribution in [-0.4, -0.2) is 29.9 Å². The predicted octanol–water partition coefficient (Wildman–Crippen LogP) is 9.98. The summed E-state index contributed by atoms with van der Waals surface area (Å²) in [7, 11) is 0. The van der Waals surface area contributed by atoms with Crippen LogP contribution >= 0.6 is 0 Å². The molecule has 0 bridgehead atoms. The first-order valence-corrected chi connectivity index (χ1v) is 15.8. The number of nitrogens with zero attached hydrogens (tertiary/aromatic N) is 6. The van der Waals surface area contributed by atoms with E-state index in [0.717, 1.165) is 98.9 Å². The number of pyridine rings is 6. The normalized spacial score (nSPS) is 11.8. The lowest BCUT2D eigenvalue weighted by Crippen LogP contribution is -1.93. The molecule has 0 unspecified atom stereocenters. The number of benzene rings is 4. The van der Waals surface area contributed by atoms with Crippen molar-refractivity contribution in [3.63, 3.8) is 0 Å². The molecule has 0 atom stereocenters. The van der Waals surface area contributed by atoms with Crippen molar-refractivity contribution in [3.8, 4) is 33.5 Å². The minimum absolute atomic E-state index is 0.874. The van der Waals surface area contributed by atoms with Crippen LogP contribution in [0.3, 0.4) is 0 Å². The number of rotatable bonds is 3. The summed E-state index contributed by atoms with van der Waals surface area (Å²) in [6.45, 7) is 0. The molecule has 0 aliphatic heterocycles. The molecule has 0 amide bonds. The quantitative estimate of drug-likeness (QED) is 0.185. The Balaban J connectivity index is 1.30. The van der Waals surface area contributed by atoms with E-state index in [1.807, 2.05) is 61.3 Å². The molecule has 0 aliphatic rings. The number of hydrogen-bond donors (Lipinski definition) is 0. The molecular formula is C42H24N6. The van der Waals surface area contributed by atoms with Gasteiger partial charge in [0.2, 0.25) is 0 Å². The van der Waals surface area contributed by atoms with Gasteiger partial charge >= 0.3 is 0 Å². The maximum Gasteiger partial charge on any atom is 0.0972 e. The first kappa shape index (κ1) is 26.5. The molecule has 10 rings (SSSR count). The molecule has 6 aromatic heterocycles. The lowest BCUT2D eigenvalue weighted by molar-refractivity contribution is 1.37. The average Bonchev–Trinajstić information content (AvgIpc) is 3.17. The van der Waals surface area contributed by atoms with E-state index in [0.29, 0.717) is 0 Å². The van der Waals surface area contributed by atoms with E-state index in [9.17, 15) is 0 Å². The Morgan fingerprint density at radius 2 is 0.729 bits per heavy atom. The lowest BCUT2D eigenvalue weighted by atomic mass is 9.90. The third-order valence-electron chi connectivity index (χ3n) is 9.20. The summed E-state index contributed by atoms with van der Waals surface area (Å²) < 4.78 is 0. The molecule has 0 N–H and O–H groups in total. The van der Waals surface area contributed by atoms with E-state index in [1.165, 1.54) is 0 Å². The number of aromatic nitrogens is 6. The van der Waals surface area contributed by atoms with Gasteiger partial charge in [-0.15, -0.1) is 0 Å². The second-order valence-electron chi connectivity index (χ2n) is 12.0. The van der Waals surface area contributed by atoms with Gasteiger partial charge in [0.05, 0.1) is 38.8 Å². The summed E-state index contributed by atoms with van der Waals surface area (Å²) in [5, 5.41) is 6.29. The summed E-state index contributed by atoms with van der Waals surface area (Å²) in [5.41, 5.74) is 11.5. The summed E-state index contributed by atoms with van der Waals surface area (Å²) in [5.74, 6) is 0. The first-order chi connectivity index (χ1) is 23.8. The van der Waals surface area contributed by atoms with E-state index in [2.05, 4.69) is 84.9 Å². The lowest BCUT2D eigenvalue weighted by Gasteiger charge is -2.15. The molecule has 6 heteroatoms. The molecule has 6 nitrogen and oxygen atoms in total. The van der Waals surface area contributed by atoms with Gasteiger partial charge in [-0.3, -0.25) is 24.9 Å². The van der Waals surface area contributed by atoms with Crippen LogP contribution in [0.4, 0.5) is 0 Å². The Labute approximate surface area is 274 Å². The van der Waals surface area contributed by atoms with Crippen LogP contribution in [-0.2, 0) is 0 Å². The molecule has 222 valence electrons. The molecule has 0 radical (unpaired) electrons. The van der Waals surface area contributed by atoms with E-state index in [-0.39, 0.29) is 0 Å². The molecule has 48 heavy (non-hydrogen) atoms. The van der Waals surface area contributed by atoms with Gasteiger partial charge in [0.1, 0.15) is 0 Å². The fourth-order valence-corrected chi connectivity index (χ4v) is 7.00. The van der Waals surface area contributed by atoms with Crippen LogP contribution < -0.4 is 0 Å². The maximum absolute atomic E-state index is 5.26. The van der Waals surface area contributed by atoms with Crippen molar-refractivity contribution in [1.82, 2.24) is 29.9 Å². The van der Waals surface area contributed by atoms with Crippen LogP contribution in [0.25, 0.3) is 98.9 Å². The summed E-state index contributed by atoms with van der Waals surface area (Å²) in [6, 6.07) is 40.1. The first-order valence-electron chi connectivity index (χ1n) is 15.8. The maximum atomic E-state index is 5.26. The van der Waals surface area contributed by atoms with Gasteiger partial charge in [-0.25, -0.2) is 4.98 Å². The number of fused-ring (bicyclic) bond motifs is 9. The van der Waals surface area contributed by atoms with Crippen molar-refractivity contribution in [2.75, 3.05) is 0 Å². The Kier molecular flexibility index (Phi) is 5.77. The third kappa shape index (κ3) is 4.13. The smallest absolute Gasteiger partial charge is 0.0972 e. The van der Waals surface area contributed by atoms with Crippen LogP contribution in [0.15, 0.2) is 146 Å². The molecule has 0 aliphatic carbocycles. The van der Waals surface area contributed by atoms with E-state index >= 15 is 0 Å². The minimum Gasteiger partial charge on any atom is -0.254 e. The van der Waals surface area contributed by atoms with Gasteiger partial charge in [-0.05, 0) is 89.0 Å². The third-order valence-corrected chi connectivity index (χ3v) is 9.20. The zero-order valence-corrected chi connectivity index (χ0v) is 25.5. The standard InChI is InChI=1S/C42H24N6/c1-6-25-11-12-26-13-14-36(48-40(26)37(25)43-15-1)31-21-29(34-23-27-7-2-16-44-38(27)41-32(34)9-4-18-46-41)20-30(22-31)35-24-28-8-3-17-45-39(28)42-33(35)10-5-19-47-42/h1-24H. The molecule has 0 fully saturated rings. The fraction of sp³-hybridized carbons (Fsp3) is 0. The highest BCUT2D eigenvalue weighted by atomic mass is 14.8. The van der Waals surface area contributed by atoms with Crippen molar-refractivity contribution >= 4 is 65.4 Å². The Bertz CT molecular complexity index is 2780. The molecule has 4 aromatic carbocycles. The Morgan fingerprint density at radius 3 is 1.29 bits per heavy atom. The monoisotopic (exact) mass is 612 g/mol. The summed E-state index contributed by atoms with van der Waals surface area (Å²) in [6.07, 6.45) is 9.15. The van der Waals surface area contributed by atoms with Crippen LogP contribution in [0.5, 0.6) is 0 Å². The van der Waals surface area contributed by atoms with Crippen LogP contribution in [0.2, 0.25) is 0 Å². The van der Waals surface area contributed by atoms with Gasteiger partial charge in [-0.2, -0.15) is 0 Å². The zero-order chi connectivity index (χ0) is 31.6. The fourth-order valence-electron chi connectivity index (χ4n) is 7.00.